The van der Waals surface area contributed by atoms with Crippen LogP contribution in [-0.4, -0.2) is 107 Å². The number of ether oxygens (including phenoxy) is 3. The Kier molecular flexibility index (Phi) is 15.5. The molecule has 0 spiro atoms. The standard InChI is InChI=1S/C17H39N3O6/c1-4-14(21)7-24-11-17(10-20-3,12-25-8-15(22)5-18)13-26-9-16(23)6-19-2/h14-16,19-23H,4-13,18H2,1-3H3. The second-order valence-electron chi connectivity index (χ2n) is 6.74. The first kappa shape index (κ1) is 25.6. The smallest absolute Gasteiger partial charge is 0.0897 e. The fourth-order valence-corrected chi connectivity index (χ4v) is 2.37. The molecule has 0 aliphatic carbocycles. The van der Waals surface area contributed by atoms with Crippen LogP contribution in [0.3, 0.4) is 0 Å². The molecule has 0 amide bonds. The van der Waals surface area contributed by atoms with Crippen LogP contribution in [0.4, 0.5) is 0 Å². The van der Waals surface area contributed by atoms with E-state index in [1.165, 1.54) is 0 Å². The Morgan fingerprint density at radius 1 is 0.846 bits per heavy atom. The maximum absolute atomic E-state index is 9.79. The number of aliphatic hydroxyl groups is 3. The highest BCUT2D eigenvalue weighted by Crippen LogP contribution is 2.19. The van der Waals surface area contributed by atoms with E-state index in [1.54, 1.807) is 7.05 Å². The van der Waals surface area contributed by atoms with Crippen molar-refractivity contribution in [2.45, 2.75) is 31.7 Å². The third kappa shape index (κ3) is 12.1. The number of nitrogens with one attached hydrogen (secondary N) is 2. The summed E-state index contributed by atoms with van der Waals surface area (Å²) in [6.07, 6.45) is -1.22. The van der Waals surface area contributed by atoms with Gasteiger partial charge in [0, 0.05) is 19.6 Å². The van der Waals surface area contributed by atoms with Crippen LogP contribution < -0.4 is 16.4 Å². The summed E-state index contributed by atoms with van der Waals surface area (Å²) in [6, 6.07) is 0. The minimum atomic E-state index is -0.719. The Balaban J connectivity index is 4.73. The van der Waals surface area contributed by atoms with Gasteiger partial charge in [-0.05, 0) is 20.5 Å². The summed E-state index contributed by atoms with van der Waals surface area (Å²) in [4.78, 5) is 0. The lowest BCUT2D eigenvalue weighted by Crippen LogP contribution is -2.46. The van der Waals surface area contributed by atoms with Gasteiger partial charge in [0.25, 0.3) is 0 Å². The van der Waals surface area contributed by atoms with Crippen molar-refractivity contribution in [1.82, 2.24) is 10.6 Å². The number of hydrogen-bond donors (Lipinski definition) is 6. The molecule has 7 N–H and O–H groups in total. The van der Waals surface area contributed by atoms with Gasteiger partial charge in [0.1, 0.15) is 0 Å². The van der Waals surface area contributed by atoms with E-state index in [0.717, 1.165) is 0 Å². The largest absolute Gasteiger partial charge is 0.391 e. The van der Waals surface area contributed by atoms with Crippen LogP contribution in [0.2, 0.25) is 0 Å². The molecule has 0 rings (SSSR count). The van der Waals surface area contributed by atoms with Crippen molar-refractivity contribution in [2.24, 2.45) is 11.1 Å². The molecule has 0 aliphatic rings. The van der Waals surface area contributed by atoms with Gasteiger partial charge < -0.3 is 45.9 Å². The Labute approximate surface area is 157 Å². The van der Waals surface area contributed by atoms with E-state index >= 15 is 0 Å². The minimum Gasteiger partial charge on any atom is -0.391 e. The molecular formula is C17H39N3O6. The summed E-state index contributed by atoms with van der Waals surface area (Å²) in [5.74, 6) is 0. The molecular weight excluding hydrogens is 342 g/mol. The Morgan fingerprint density at radius 3 is 1.77 bits per heavy atom. The number of nitrogens with two attached hydrogens (primary N) is 1. The zero-order valence-electron chi connectivity index (χ0n) is 16.4. The minimum absolute atomic E-state index is 0.127. The van der Waals surface area contributed by atoms with Crippen molar-refractivity contribution in [3.05, 3.63) is 0 Å². The second-order valence-corrected chi connectivity index (χ2v) is 6.74. The predicted octanol–water partition coefficient (Wildman–Crippen LogP) is -2.09. The molecule has 26 heavy (non-hydrogen) atoms. The van der Waals surface area contributed by atoms with E-state index in [0.29, 0.717) is 32.7 Å². The van der Waals surface area contributed by atoms with Crippen LogP contribution in [0.1, 0.15) is 13.3 Å². The van der Waals surface area contributed by atoms with Crippen LogP contribution in [0.25, 0.3) is 0 Å². The van der Waals surface area contributed by atoms with E-state index in [2.05, 4.69) is 10.6 Å². The molecule has 0 aromatic rings. The highest BCUT2D eigenvalue weighted by atomic mass is 16.5. The number of hydrogen-bond acceptors (Lipinski definition) is 9. The average Bonchev–Trinajstić information content (AvgIpc) is 2.61. The molecule has 4 atom stereocenters. The molecule has 0 saturated carbocycles. The summed E-state index contributed by atoms with van der Waals surface area (Å²) < 4.78 is 17.0. The summed E-state index contributed by atoms with van der Waals surface area (Å²) in [7, 11) is 3.58. The van der Waals surface area contributed by atoms with Gasteiger partial charge in [-0.2, -0.15) is 0 Å². The molecule has 0 aliphatic heterocycles. The van der Waals surface area contributed by atoms with Gasteiger partial charge in [-0.1, -0.05) is 6.92 Å². The number of aliphatic hydroxyl groups excluding tert-OH is 3. The van der Waals surface area contributed by atoms with Gasteiger partial charge in [-0.15, -0.1) is 0 Å². The van der Waals surface area contributed by atoms with Crippen molar-refractivity contribution >= 4 is 0 Å². The second kappa shape index (κ2) is 15.7. The van der Waals surface area contributed by atoms with Crippen LogP contribution in [0, 0.1) is 5.41 Å². The average molecular weight is 382 g/mol. The van der Waals surface area contributed by atoms with Crippen molar-refractivity contribution in [1.29, 1.82) is 0 Å². The van der Waals surface area contributed by atoms with Gasteiger partial charge in [0.15, 0.2) is 0 Å². The van der Waals surface area contributed by atoms with Gasteiger partial charge in [-0.3, -0.25) is 0 Å². The summed E-state index contributed by atoms with van der Waals surface area (Å²) in [5.41, 5.74) is 4.88. The first-order valence-corrected chi connectivity index (χ1v) is 9.19. The molecule has 9 heteroatoms. The van der Waals surface area contributed by atoms with Crippen LogP contribution in [-0.2, 0) is 14.2 Å². The van der Waals surface area contributed by atoms with Crippen molar-refractivity contribution in [2.75, 3.05) is 73.4 Å². The van der Waals surface area contributed by atoms with Gasteiger partial charge in [0.05, 0.1) is 63.4 Å². The molecule has 158 valence electrons. The lowest BCUT2D eigenvalue weighted by molar-refractivity contribution is -0.0962. The first-order valence-electron chi connectivity index (χ1n) is 9.19. The van der Waals surface area contributed by atoms with Crippen LogP contribution >= 0.6 is 0 Å². The number of rotatable bonds is 18. The predicted molar refractivity (Wildman–Crippen MR) is 100 cm³/mol. The third-order valence-corrected chi connectivity index (χ3v) is 3.89. The number of likely N-dealkylation sites (N-methyl/N-ethyl adjacent to an activating group) is 1. The highest BCUT2D eigenvalue weighted by Gasteiger charge is 2.32. The summed E-state index contributed by atoms with van der Waals surface area (Å²) in [5, 5.41) is 35.0. The topological polar surface area (TPSA) is 138 Å². The Morgan fingerprint density at radius 2 is 1.35 bits per heavy atom. The summed E-state index contributed by atoms with van der Waals surface area (Å²) >= 11 is 0. The fraction of sp³-hybridized carbons (Fsp3) is 1.00. The lowest BCUT2D eigenvalue weighted by atomic mass is 9.91. The molecule has 0 bridgehead atoms. The zero-order chi connectivity index (χ0) is 19.8. The first-order chi connectivity index (χ1) is 12.4. The Bertz CT molecular complexity index is 309. The molecule has 0 saturated heterocycles. The SMILES string of the molecule is CCC(O)COCC(CNC)(COCC(O)CN)COCC(O)CNC. The summed E-state index contributed by atoms with van der Waals surface area (Å²) in [6.45, 7) is 4.46. The maximum atomic E-state index is 9.79. The molecule has 0 heterocycles. The Hall–Kier alpha value is -0.360. The third-order valence-electron chi connectivity index (χ3n) is 3.89. The molecule has 0 fully saturated rings. The lowest BCUT2D eigenvalue weighted by Gasteiger charge is -2.34. The van der Waals surface area contributed by atoms with Gasteiger partial charge >= 0.3 is 0 Å². The van der Waals surface area contributed by atoms with Gasteiger partial charge in [0.2, 0.25) is 0 Å². The van der Waals surface area contributed by atoms with Crippen molar-refractivity contribution < 1.29 is 29.5 Å². The maximum Gasteiger partial charge on any atom is 0.0897 e. The van der Waals surface area contributed by atoms with E-state index in [9.17, 15) is 15.3 Å². The van der Waals surface area contributed by atoms with Crippen molar-refractivity contribution in [3.8, 4) is 0 Å². The van der Waals surface area contributed by atoms with Crippen molar-refractivity contribution in [3.63, 3.8) is 0 Å². The van der Waals surface area contributed by atoms with E-state index in [4.69, 9.17) is 19.9 Å². The normalized spacial score (nSPS) is 17.7. The van der Waals surface area contributed by atoms with E-state index in [1.807, 2.05) is 14.0 Å². The molecule has 0 aromatic carbocycles. The highest BCUT2D eigenvalue weighted by molar-refractivity contribution is 4.82. The fourth-order valence-electron chi connectivity index (χ4n) is 2.37. The van der Waals surface area contributed by atoms with Crippen LogP contribution in [0.5, 0.6) is 0 Å². The zero-order valence-corrected chi connectivity index (χ0v) is 16.4. The van der Waals surface area contributed by atoms with Gasteiger partial charge in [-0.25, -0.2) is 0 Å². The molecule has 0 aromatic heterocycles. The molecule has 4 unspecified atom stereocenters. The monoisotopic (exact) mass is 381 g/mol. The quantitative estimate of drug-likeness (QED) is 0.158. The molecule has 9 nitrogen and oxygen atoms in total. The van der Waals surface area contributed by atoms with Crippen LogP contribution in [0.15, 0.2) is 0 Å². The molecule has 0 radical (unpaired) electrons. The van der Waals surface area contributed by atoms with E-state index in [-0.39, 0.29) is 33.0 Å². The van der Waals surface area contributed by atoms with E-state index < -0.39 is 23.7 Å².